The van der Waals surface area contributed by atoms with Crippen molar-refractivity contribution in [3.05, 3.63) is 11.2 Å². The van der Waals surface area contributed by atoms with Crippen molar-refractivity contribution in [2.45, 2.75) is 0 Å². The summed E-state index contributed by atoms with van der Waals surface area (Å²) < 4.78 is 5.84. The third-order valence-electron chi connectivity index (χ3n) is 0.930. The Morgan fingerprint density at radius 2 is 2.45 bits per heavy atom. The van der Waals surface area contributed by atoms with E-state index in [9.17, 15) is 4.79 Å². The number of nitrogens with zero attached hydrogens (tertiary/aromatic N) is 2. The maximum atomic E-state index is 10.2. The number of ether oxygens (including phenoxy) is 1. The molecule has 0 atom stereocenters. The van der Waals surface area contributed by atoms with E-state index in [1.807, 2.05) is 0 Å². The molecule has 0 saturated heterocycles. The van der Waals surface area contributed by atoms with Gasteiger partial charge in [0.15, 0.2) is 0 Å². The Bertz CT molecular complexity index is 284. The Kier molecular flexibility index (Phi) is 2.36. The van der Waals surface area contributed by atoms with Gasteiger partial charge in [-0.05, 0) is 0 Å². The van der Waals surface area contributed by atoms with Crippen LogP contribution in [0.25, 0.3) is 0 Å². The minimum absolute atomic E-state index is 0.0224. The normalized spacial score (nSPS) is 9.73. The van der Waals surface area contributed by atoms with Crippen LogP contribution in [0.15, 0.2) is 6.20 Å². The van der Waals surface area contributed by atoms with Crippen molar-refractivity contribution in [3.63, 3.8) is 0 Å². The van der Waals surface area contributed by atoms with Gasteiger partial charge in [0.2, 0.25) is 0 Å². The van der Waals surface area contributed by atoms with Gasteiger partial charge in [-0.2, -0.15) is 0 Å². The van der Waals surface area contributed by atoms with E-state index in [2.05, 4.69) is 9.84 Å². The molecular weight excluding hydrogens is 191 g/mol. The van der Waals surface area contributed by atoms with Gasteiger partial charge in [-0.15, -0.1) is 5.10 Å². The number of carbonyl (C=O) groups excluding carboxylic acids is 1. The Morgan fingerprint density at radius 3 is 2.82 bits per heavy atom. The predicted octanol–water partition coefficient (Wildman–Crippen LogP) is 1.81. The molecule has 1 heterocycles. The molecule has 0 aliphatic heterocycles. The van der Waals surface area contributed by atoms with E-state index < -0.39 is 5.43 Å². The van der Waals surface area contributed by atoms with Gasteiger partial charge < -0.3 is 4.74 Å². The van der Waals surface area contributed by atoms with Crippen LogP contribution in [0.5, 0.6) is 5.88 Å². The summed E-state index contributed by atoms with van der Waals surface area (Å²) in [5.41, 5.74) is -0.953. The molecule has 11 heavy (non-hydrogen) atoms. The molecule has 0 aliphatic rings. The summed E-state index contributed by atoms with van der Waals surface area (Å²) in [7, 11) is 1.65. The van der Waals surface area contributed by atoms with Crippen LogP contribution >= 0.6 is 23.2 Å². The molecule has 6 heteroatoms. The molecule has 0 N–H and O–H groups in total. The lowest BCUT2D eigenvalue weighted by molar-refractivity contribution is 0.223. The lowest BCUT2D eigenvalue weighted by Gasteiger charge is -1.91. The number of aromatic nitrogens is 2. The van der Waals surface area contributed by atoms with Crippen molar-refractivity contribution in [2.24, 2.45) is 7.05 Å². The fourth-order valence-electron chi connectivity index (χ4n) is 0.584. The van der Waals surface area contributed by atoms with Crippen LogP contribution in [-0.4, -0.2) is 15.2 Å². The quantitative estimate of drug-likeness (QED) is 0.641. The zero-order valence-corrected chi connectivity index (χ0v) is 7.06. The Morgan fingerprint density at radius 1 is 1.82 bits per heavy atom. The van der Waals surface area contributed by atoms with Crippen molar-refractivity contribution < 1.29 is 9.53 Å². The van der Waals surface area contributed by atoms with Gasteiger partial charge in [-0.1, -0.05) is 11.6 Å². The van der Waals surface area contributed by atoms with Crippen LogP contribution in [0.2, 0.25) is 5.02 Å². The summed E-state index contributed by atoms with van der Waals surface area (Å²) in [6.07, 6.45) is 1.50. The molecule has 0 saturated carbocycles. The summed E-state index contributed by atoms with van der Waals surface area (Å²) in [6, 6.07) is 0. The van der Waals surface area contributed by atoms with E-state index in [-0.39, 0.29) is 10.9 Å². The summed E-state index contributed by atoms with van der Waals surface area (Å²) in [4.78, 5) is 10.2. The summed E-state index contributed by atoms with van der Waals surface area (Å²) in [6.45, 7) is 0. The first kappa shape index (κ1) is 8.36. The third kappa shape index (κ3) is 2.10. The lowest BCUT2D eigenvalue weighted by atomic mass is 10.7. The fraction of sp³-hybridized carbons (Fsp3) is 0.200. The smallest absolute Gasteiger partial charge is 0.392 e. The number of hydrogen-bond acceptors (Lipinski definition) is 3. The van der Waals surface area contributed by atoms with Crippen molar-refractivity contribution in [1.29, 1.82) is 0 Å². The molecule has 60 valence electrons. The highest BCUT2D eigenvalue weighted by Crippen LogP contribution is 2.21. The van der Waals surface area contributed by atoms with Crippen molar-refractivity contribution in [3.8, 4) is 5.88 Å². The van der Waals surface area contributed by atoms with E-state index in [0.717, 1.165) is 0 Å². The molecule has 0 unspecified atom stereocenters. The lowest BCUT2D eigenvalue weighted by Crippen LogP contribution is -1.97. The second-order valence-corrected chi connectivity index (χ2v) is 2.51. The highest BCUT2D eigenvalue weighted by molar-refractivity contribution is 6.61. The molecular formula is C5H4Cl2N2O2. The van der Waals surface area contributed by atoms with Crippen LogP contribution in [0.1, 0.15) is 0 Å². The first-order chi connectivity index (χ1) is 5.09. The van der Waals surface area contributed by atoms with Crippen molar-refractivity contribution >= 4 is 28.6 Å². The van der Waals surface area contributed by atoms with E-state index in [4.69, 9.17) is 23.2 Å². The third-order valence-corrected chi connectivity index (χ3v) is 1.27. The second kappa shape index (κ2) is 3.11. The highest BCUT2D eigenvalue weighted by Gasteiger charge is 2.08. The molecule has 4 nitrogen and oxygen atoms in total. The number of aryl methyl sites for hydroxylation is 1. The minimum atomic E-state index is -0.953. The summed E-state index contributed by atoms with van der Waals surface area (Å²) in [5.74, 6) is 0.0224. The molecule has 0 aromatic carbocycles. The predicted molar refractivity (Wildman–Crippen MR) is 40.1 cm³/mol. The zero-order chi connectivity index (χ0) is 8.43. The van der Waals surface area contributed by atoms with Crippen LogP contribution in [0, 0.1) is 0 Å². The molecule has 1 rings (SSSR count). The largest absolute Gasteiger partial charge is 0.410 e. The average molecular weight is 195 g/mol. The Balaban J connectivity index is 2.85. The van der Waals surface area contributed by atoms with Gasteiger partial charge in [0, 0.05) is 24.8 Å². The Labute approximate surface area is 72.7 Å². The maximum absolute atomic E-state index is 10.2. The van der Waals surface area contributed by atoms with E-state index >= 15 is 0 Å². The average Bonchev–Trinajstić information content (AvgIpc) is 2.09. The molecule has 1 aromatic rings. The first-order valence-electron chi connectivity index (χ1n) is 2.66. The number of rotatable bonds is 1. The molecule has 0 fully saturated rings. The molecule has 0 aliphatic carbocycles. The molecule has 0 spiro atoms. The number of carbonyl (C=O) groups is 1. The molecule has 0 amide bonds. The number of hydrogen-bond donors (Lipinski definition) is 0. The summed E-state index contributed by atoms with van der Waals surface area (Å²) in [5, 5.41) is 3.96. The topological polar surface area (TPSA) is 44.1 Å². The van der Waals surface area contributed by atoms with Gasteiger partial charge in [0.25, 0.3) is 5.88 Å². The van der Waals surface area contributed by atoms with Crippen LogP contribution in [0.3, 0.4) is 0 Å². The van der Waals surface area contributed by atoms with Gasteiger partial charge in [-0.3, -0.25) is 4.68 Å². The van der Waals surface area contributed by atoms with E-state index in [1.165, 1.54) is 10.9 Å². The minimum Gasteiger partial charge on any atom is -0.392 e. The van der Waals surface area contributed by atoms with E-state index in [1.54, 1.807) is 7.05 Å². The second-order valence-electron chi connectivity index (χ2n) is 1.80. The van der Waals surface area contributed by atoms with Crippen LogP contribution in [-0.2, 0) is 7.05 Å². The van der Waals surface area contributed by atoms with Crippen LogP contribution in [0.4, 0.5) is 4.79 Å². The van der Waals surface area contributed by atoms with Crippen molar-refractivity contribution in [1.82, 2.24) is 9.78 Å². The van der Waals surface area contributed by atoms with Crippen LogP contribution < -0.4 is 4.74 Å². The Hall–Kier alpha value is -0.740. The highest BCUT2D eigenvalue weighted by atomic mass is 35.5. The first-order valence-corrected chi connectivity index (χ1v) is 3.41. The number of halogens is 2. The van der Waals surface area contributed by atoms with Crippen molar-refractivity contribution in [2.75, 3.05) is 0 Å². The molecule has 0 bridgehead atoms. The zero-order valence-electron chi connectivity index (χ0n) is 5.54. The monoisotopic (exact) mass is 194 g/mol. The molecule has 1 aromatic heterocycles. The van der Waals surface area contributed by atoms with Gasteiger partial charge in [-0.25, -0.2) is 4.79 Å². The SMILES string of the molecule is Cn1cc(Cl)c(OC(=O)Cl)n1. The van der Waals surface area contributed by atoms with Gasteiger partial charge >= 0.3 is 5.43 Å². The fourth-order valence-corrected chi connectivity index (χ4v) is 0.875. The maximum Gasteiger partial charge on any atom is 0.410 e. The standard InChI is InChI=1S/C5H4Cl2N2O2/c1-9-2-3(6)4(8-9)11-5(7)10/h2H,1H3. The van der Waals surface area contributed by atoms with Gasteiger partial charge in [0.1, 0.15) is 5.02 Å². The van der Waals surface area contributed by atoms with E-state index in [0.29, 0.717) is 0 Å². The summed E-state index contributed by atoms with van der Waals surface area (Å²) >= 11 is 10.5. The van der Waals surface area contributed by atoms with Gasteiger partial charge in [0.05, 0.1) is 0 Å². The molecule has 0 radical (unpaired) electrons.